The second-order valence-corrected chi connectivity index (χ2v) is 6.44. The van der Waals surface area contributed by atoms with Crippen LogP contribution in [0.25, 0.3) is 22.3 Å². The van der Waals surface area contributed by atoms with Crippen LogP contribution in [0, 0.1) is 17.5 Å². The van der Waals surface area contributed by atoms with Crippen molar-refractivity contribution < 1.29 is 17.9 Å². The third-order valence-electron chi connectivity index (χ3n) is 4.63. The lowest BCUT2D eigenvalue weighted by molar-refractivity contribution is 0.372. The SMILES string of the molecule is CCCCc1ccc(-c2ccc(-c3ccc(OC)c(F)c3F)cc2F)cc1. The highest BCUT2D eigenvalue weighted by Crippen LogP contribution is 2.32. The Morgan fingerprint density at radius 2 is 1.44 bits per heavy atom. The van der Waals surface area contributed by atoms with Gasteiger partial charge in [-0.2, -0.15) is 4.39 Å². The van der Waals surface area contributed by atoms with E-state index in [-0.39, 0.29) is 16.9 Å². The molecule has 3 aromatic carbocycles. The van der Waals surface area contributed by atoms with E-state index in [1.165, 1.54) is 30.9 Å². The first-order chi connectivity index (χ1) is 13.0. The standard InChI is InChI=1S/C23H21F3O/c1-3-4-5-15-6-8-16(9-7-15)18-11-10-17(14-20(18)24)19-12-13-21(27-2)23(26)22(19)25/h6-14H,3-5H2,1-2H3. The van der Waals surface area contributed by atoms with Crippen LogP contribution < -0.4 is 4.74 Å². The highest BCUT2D eigenvalue weighted by Gasteiger charge is 2.16. The average molecular weight is 370 g/mol. The Hall–Kier alpha value is -2.75. The lowest BCUT2D eigenvalue weighted by Gasteiger charge is -2.10. The number of rotatable bonds is 6. The Kier molecular flexibility index (Phi) is 5.84. The van der Waals surface area contributed by atoms with Crippen molar-refractivity contribution in [3.63, 3.8) is 0 Å². The maximum Gasteiger partial charge on any atom is 0.201 e. The van der Waals surface area contributed by atoms with Crippen molar-refractivity contribution in [2.45, 2.75) is 26.2 Å². The van der Waals surface area contributed by atoms with Gasteiger partial charge in [-0.05, 0) is 47.7 Å². The van der Waals surface area contributed by atoms with Gasteiger partial charge in [-0.15, -0.1) is 0 Å². The third kappa shape index (κ3) is 4.00. The Morgan fingerprint density at radius 3 is 2.07 bits per heavy atom. The van der Waals surface area contributed by atoms with Gasteiger partial charge < -0.3 is 4.74 Å². The van der Waals surface area contributed by atoms with E-state index in [2.05, 4.69) is 6.92 Å². The number of methoxy groups -OCH3 is 1. The van der Waals surface area contributed by atoms with Gasteiger partial charge in [-0.3, -0.25) is 0 Å². The maximum absolute atomic E-state index is 14.7. The molecule has 0 atom stereocenters. The lowest BCUT2D eigenvalue weighted by Crippen LogP contribution is -1.95. The summed E-state index contributed by atoms with van der Waals surface area (Å²) in [7, 11) is 1.26. The van der Waals surface area contributed by atoms with Crippen LogP contribution in [0.3, 0.4) is 0 Å². The molecule has 0 unspecified atom stereocenters. The van der Waals surface area contributed by atoms with Gasteiger partial charge in [0.1, 0.15) is 5.82 Å². The van der Waals surface area contributed by atoms with Crippen molar-refractivity contribution in [1.82, 2.24) is 0 Å². The van der Waals surface area contributed by atoms with Gasteiger partial charge in [0.25, 0.3) is 0 Å². The summed E-state index contributed by atoms with van der Waals surface area (Å²) in [6.45, 7) is 2.14. The van der Waals surface area contributed by atoms with Crippen molar-refractivity contribution in [1.29, 1.82) is 0 Å². The molecule has 0 aromatic heterocycles. The molecule has 0 radical (unpaired) electrons. The number of unbranched alkanes of at least 4 members (excludes halogenated alkanes) is 1. The molecule has 4 heteroatoms. The zero-order valence-corrected chi connectivity index (χ0v) is 15.4. The minimum absolute atomic E-state index is 0.00587. The molecule has 0 amide bonds. The van der Waals surface area contributed by atoms with Crippen LogP contribution in [-0.4, -0.2) is 7.11 Å². The summed E-state index contributed by atoms with van der Waals surface area (Å²) in [5.41, 5.74) is 2.66. The molecule has 0 heterocycles. The summed E-state index contributed by atoms with van der Waals surface area (Å²) in [4.78, 5) is 0. The fraction of sp³-hybridized carbons (Fsp3) is 0.217. The fourth-order valence-electron chi connectivity index (χ4n) is 3.06. The largest absolute Gasteiger partial charge is 0.494 e. The zero-order chi connectivity index (χ0) is 19.4. The third-order valence-corrected chi connectivity index (χ3v) is 4.63. The summed E-state index contributed by atoms with van der Waals surface area (Å²) in [6.07, 6.45) is 3.24. The van der Waals surface area contributed by atoms with Crippen LogP contribution in [0.2, 0.25) is 0 Å². The summed E-state index contributed by atoms with van der Waals surface area (Å²) >= 11 is 0. The minimum atomic E-state index is -1.08. The highest BCUT2D eigenvalue weighted by molar-refractivity contribution is 5.72. The molecule has 0 fully saturated rings. The van der Waals surface area contributed by atoms with E-state index in [9.17, 15) is 13.2 Å². The predicted octanol–water partition coefficient (Wildman–Crippen LogP) is 6.79. The molecule has 0 aliphatic heterocycles. The van der Waals surface area contributed by atoms with Crippen LogP contribution in [0.1, 0.15) is 25.3 Å². The van der Waals surface area contributed by atoms with Crippen LogP contribution >= 0.6 is 0 Å². The van der Waals surface area contributed by atoms with E-state index in [0.29, 0.717) is 5.56 Å². The first kappa shape index (κ1) is 19.0. The Labute approximate surface area is 157 Å². The zero-order valence-electron chi connectivity index (χ0n) is 15.4. The lowest BCUT2D eigenvalue weighted by atomic mass is 9.97. The minimum Gasteiger partial charge on any atom is -0.494 e. The topological polar surface area (TPSA) is 9.23 Å². The number of ether oxygens (including phenoxy) is 1. The van der Waals surface area contributed by atoms with E-state index < -0.39 is 17.5 Å². The van der Waals surface area contributed by atoms with Crippen LogP contribution in [0.15, 0.2) is 54.6 Å². The molecule has 140 valence electrons. The number of halogens is 3. The molecule has 0 spiro atoms. The number of hydrogen-bond acceptors (Lipinski definition) is 1. The second kappa shape index (κ2) is 8.30. The molecule has 1 nitrogen and oxygen atoms in total. The first-order valence-corrected chi connectivity index (χ1v) is 8.96. The molecule has 0 N–H and O–H groups in total. The monoisotopic (exact) mass is 370 g/mol. The van der Waals surface area contributed by atoms with E-state index in [1.807, 2.05) is 24.3 Å². The summed E-state index contributed by atoms with van der Waals surface area (Å²) in [5.74, 6) is -2.80. The van der Waals surface area contributed by atoms with Gasteiger partial charge in [-0.25, -0.2) is 8.78 Å². The summed E-state index contributed by atoms with van der Waals surface area (Å²) < 4.78 is 47.6. The normalized spacial score (nSPS) is 10.9. The maximum atomic E-state index is 14.7. The van der Waals surface area contributed by atoms with E-state index >= 15 is 0 Å². The molecule has 0 bridgehead atoms. The predicted molar refractivity (Wildman–Crippen MR) is 102 cm³/mol. The van der Waals surface area contributed by atoms with Crippen molar-refractivity contribution in [3.05, 3.63) is 77.6 Å². The van der Waals surface area contributed by atoms with Crippen molar-refractivity contribution >= 4 is 0 Å². The Morgan fingerprint density at radius 1 is 0.778 bits per heavy atom. The Balaban J connectivity index is 1.91. The highest BCUT2D eigenvalue weighted by atomic mass is 19.2. The fourth-order valence-corrected chi connectivity index (χ4v) is 3.06. The quantitative estimate of drug-likeness (QED) is 0.464. The van der Waals surface area contributed by atoms with E-state index in [4.69, 9.17) is 4.74 Å². The number of aryl methyl sites for hydroxylation is 1. The summed E-state index contributed by atoms with van der Waals surface area (Å²) in [5, 5.41) is 0. The second-order valence-electron chi connectivity index (χ2n) is 6.44. The summed E-state index contributed by atoms with van der Waals surface area (Å²) in [6, 6.07) is 14.9. The first-order valence-electron chi connectivity index (χ1n) is 8.96. The van der Waals surface area contributed by atoms with Crippen LogP contribution in [0.4, 0.5) is 13.2 Å². The number of hydrogen-bond donors (Lipinski definition) is 0. The van der Waals surface area contributed by atoms with Crippen LogP contribution in [0.5, 0.6) is 5.75 Å². The van der Waals surface area contributed by atoms with Crippen molar-refractivity contribution in [2.75, 3.05) is 7.11 Å². The molecular formula is C23H21F3O. The Bertz CT molecular complexity index is 933. The van der Waals surface area contributed by atoms with Gasteiger partial charge in [0.2, 0.25) is 5.82 Å². The molecule has 27 heavy (non-hydrogen) atoms. The molecular weight excluding hydrogens is 349 g/mol. The number of benzene rings is 3. The van der Waals surface area contributed by atoms with E-state index in [0.717, 1.165) is 24.8 Å². The van der Waals surface area contributed by atoms with Gasteiger partial charge in [0.15, 0.2) is 11.6 Å². The average Bonchev–Trinajstić information content (AvgIpc) is 2.69. The van der Waals surface area contributed by atoms with Crippen LogP contribution in [-0.2, 0) is 6.42 Å². The van der Waals surface area contributed by atoms with Gasteiger partial charge in [0, 0.05) is 11.1 Å². The molecule has 0 aliphatic carbocycles. The molecule has 3 rings (SSSR count). The van der Waals surface area contributed by atoms with Crippen molar-refractivity contribution in [3.8, 4) is 28.0 Å². The van der Waals surface area contributed by atoms with E-state index in [1.54, 1.807) is 12.1 Å². The van der Waals surface area contributed by atoms with Gasteiger partial charge in [-0.1, -0.05) is 49.7 Å². The molecule has 0 saturated carbocycles. The van der Waals surface area contributed by atoms with Gasteiger partial charge in [0.05, 0.1) is 7.11 Å². The molecule has 3 aromatic rings. The van der Waals surface area contributed by atoms with Gasteiger partial charge >= 0.3 is 0 Å². The molecule has 0 saturated heterocycles. The molecule has 0 aliphatic rings. The smallest absolute Gasteiger partial charge is 0.201 e. The van der Waals surface area contributed by atoms with Crippen molar-refractivity contribution in [2.24, 2.45) is 0 Å².